The van der Waals surface area contributed by atoms with E-state index in [0.29, 0.717) is 0 Å². The fraction of sp³-hybridized carbons (Fsp3) is 0.588. The molecule has 0 aliphatic carbocycles. The maximum atomic E-state index is 12.5. The predicted octanol–water partition coefficient (Wildman–Crippen LogP) is 3.31. The molecule has 0 saturated carbocycles. The Morgan fingerprint density at radius 1 is 1.29 bits per heavy atom. The molecule has 1 amide bonds. The number of carbonyl (C=O) groups excluding carboxylic acids is 1. The second-order valence-corrected chi connectivity index (χ2v) is 6.76. The second kappa shape index (κ2) is 7.81. The molecule has 1 fully saturated rings. The molecule has 4 heteroatoms. The number of benzene rings is 1. The number of carbonyl (C=O) groups is 1. The van der Waals surface area contributed by atoms with Gasteiger partial charge in [-0.05, 0) is 30.4 Å². The van der Waals surface area contributed by atoms with Crippen LogP contribution in [-0.2, 0) is 4.79 Å². The van der Waals surface area contributed by atoms with Crippen LogP contribution in [0.3, 0.4) is 0 Å². The van der Waals surface area contributed by atoms with E-state index in [2.05, 4.69) is 43.5 Å². The standard InChI is InChI=1S/C17H26N2O.ClH/c1-17(2,3)15(13-8-5-4-6-9-13)19-16(20)14-10-7-11-18-12-14;/h4-6,8-9,14-15,18H,7,10-12H2,1-3H3,(H,19,20);1H/t14-,15?;/m1./s1. The number of hydrogen-bond acceptors (Lipinski definition) is 2. The molecule has 1 aromatic carbocycles. The Balaban J connectivity index is 0.00000220. The minimum atomic E-state index is -0.000884. The van der Waals surface area contributed by atoms with Crippen LogP contribution in [0.4, 0.5) is 0 Å². The molecule has 1 aliphatic heterocycles. The first-order valence-corrected chi connectivity index (χ1v) is 7.54. The van der Waals surface area contributed by atoms with Crippen molar-refractivity contribution in [3.8, 4) is 0 Å². The summed E-state index contributed by atoms with van der Waals surface area (Å²) in [6.45, 7) is 8.35. The number of piperidine rings is 1. The van der Waals surface area contributed by atoms with Crippen molar-refractivity contribution in [3.63, 3.8) is 0 Å². The highest BCUT2D eigenvalue weighted by Gasteiger charge is 2.30. The highest BCUT2D eigenvalue weighted by atomic mass is 35.5. The van der Waals surface area contributed by atoms with Gasteiger partial charge in [-0.15, -0.1) is 12.4 Å². The molecule has 0 bridgehead atoms. The highest BCUT2D eigenvalue weighted by molar-refractivity contribution is 5.85. The van der Waals surface area contributed by atoms with Gasteiger partial charge in [0.05, 0.1) is 12.0 Å². The zero-order chi connectivity index (χ0) is 14.6. The molecule has 3 nitrogen and oxygen atoms in total. The van der Waals surface area contributed by atoms with Crippen LogP contribution in [-0.4, -0.2) is 19.0 Å². The summed E-state index contributed by atoms with van der Waals surface area (Å²) in [7, 11) is 0. The fourth-order valence-corrected chi connectivity index (χ4v) is 2.78. The molecule has 118 valence electrons. The van der Waals surface area contributed by atoms with Crippen LogP contribution in [0.1, 0.15) is 45.2 Å². The molecule has 0 radical (unpaired) electrons. The summed E-state index contributed by atoms with van der Waals surface area (Å²) in [4.78, 5) is 12.5. The molecule has 2 rings (SSSR count). The third kappa shape index (κ3) is 5.01. The van der Waals surface area contributed by atoms with Crippen molar-refractivity contribution < 1.29 is 4.79 Å². The van der Waals surface area contributed by atoms with Crippen molar-refractivity contribution in [3.05, 3.63) is 35.9 Å². The lowest BCUT2D eigenvalue weighted by atomic mass is 9.82. The SMILES string of the molecule is CC(C)(C)C(NC(=O)[C@@H]1CCCNC1)c1ccccc1.Cl. The Labute approximate surface area is 134 Å². The lowest BCUT2D eigenvalue weighted by Crippen LogP contribution is -2.44. The zero-order valence-corrected chi connectivity index (χ0v) is 14.0. The van der Waals surface area contributed by atoms with Gasteiger partial charge in [-0.1, -0.05) is 51.1 Å². The largest absolute Gasteiger partial charge is 0.348 e. The average Bonchev–Trinajstić information content (AvgIpc) is 2.45. The van der Waals surface area contributed by atoms with Crippen LogP contribution >= 0.6 is 12.4 Å². The number of nitrogens with one attached hydrogen (secondary N) is 2. The van der Waals surface area contributed by atoms with Crippen molar-refractivity contribution in [2.24, 2.45) is 11.3 Å². The van der Waals surface area contributed by atoms with Gasteiger partial charge in [0.25, 0.3) is 0 Å². The summed E-state index contributed by atoms with van der Waals surface area (Å²) in [6, 6.07) is 10.3. The first-order valence-electron chi connectivity index (χ1n) is 7.54. The van der Waals surface area contributed by atoms with Gasteiger partial charge in [0.2, 0.25) is 5.91 Å². The number of hydrogen-bond donors (Lipinski definition) is 2. The summed E-state index contributed by atoms with van der Waals surface area (Å²) < 4.78 is 0. The van der Waals surface area contributed by atoms with Gasteiger partial charge in [-0.25, -0.2) is 0 Å². The van der Waals surface area contributed by atoms with Gasteiger partial charge < -0.3 is 10.6 Å². The molecule has 1 heterocycles. The predicted molar refractivity (Wildman–Crippen MR) is 89.6 cm³/mol. The third-order valence-electron chi connectivity index (χ3n) is 3.95. The van der Waals surface area contributed by atoms with Crippen molar-refractivity contribution in [1.82, 2.24) is 10.6 Å². The molecule has 21 heavy (non-hydrogen) atoms. The van der Waals surface area contributed by atoms with E-state index in [1.807, 2.05) is 18.2 Å². The fourth-order valence-electron chi connectivity index (χ4n) is 2.78. The van der Waals surface area contributed by atoms with Crippen LogP contribution in [0.2, 0.25) is 0 Å². The Kier molecular flexibility index (Phi) is 6.69. The van der Waals surface area contributed by atoms with E-state index in [-0.39, 0.29) is 35.7 Å². The van der Waals surface area contributed by atoms with E-state index in [1.54, 1.807) is 0 Å². The van der Waals surface area contributed by atoms with E-state index < -0.39 is 0 Å². The van der Waals surface area contributed by atoms with Crippen LogP contribution in [0, 0.1) is 11.3 Å². The summed E-state index contributed by atoms with van der Waals surface area (Å²) in [5.41, 5.74) is 1.18. The van der Waals surface area contributed by atoms with Crippen molar-refractivity contribution >= 4 is 18.3 Å². The van der Waals surface area contributed by atoms with Crippen LogP contribution < -0.4 is 10.6 Å². The Morgan fingerprint density at radius 2 is 1.95 bits per heavy atom. The Morgan fingerprint density at radius 3 is 2.48 bits per heavy atom. The van der Waals surface area contributed by atoms with Crippen molar-refractivity contribution in [1.29, 1.82) is 0 Å². The molecule has 1 unspecified atom stereocenters. The summed E-state index contributed by atoms with van der Waals surface area (Å²) >= 11 is 0. The van der Waals surface area contributed by atoms with Crippen LogP contribution in [0.5, 0.6) is 0 Å². The topological polar surface area (TPSA) is 41.1 Å². The Bertz CT molecular complexity index is 436. The lowest BCUT2D eigenvalue weighted by molar-refractivity contribution is -0.127. The molecule has 1 saturated heterocycles. The molecule has 1 aliphatic rings. The van der Waals surface area contributed by atoms with E-state index in [0.717, 1.165) is 25.9 Å². The first kappa shape index (κ1) is 18.0. The zero-order valence-electron chi connectivity index (χ0n) is 13.2. The summed E-state index contributed by atoms with van der Waals surface area (Å²) in [6.07, 6.45) is 2.08. The second-order valence-electron chi connectivity index (χ2n) is 6.76. The van der Waals surface area contributed by atoms with Crippen LogP contribution in [0.25, 0.3) is 0 Å². The maximum absolute atomic E-state index is 12.5. The molecular weight excluding hydrogens is 284 g/mol. The van der Waals surface area contributed by atoms with E-state index >= 15 is 0 Å². The Hall–Kier alpha value is -1.06. The number of halogens is 1. The summed E-state index contributed by atoms with van der Waals surface area (Å²) in [5, 5.41) is 6.57. The minimum absolute atomic E-state index is 0. The maximum Gasteiger partial charge on any atom is 0.224 e. The molecule has 1 aromatic rings. The average molecular weight is 311 g/mol. The third-order valence-corrected chi connectivity index (χ3v) is 3.95. The number of amides is 1. The van der Waals surface area contributed by atoms with E-state index in [9.17, 15) is 4.79 Å². The van der Waals surface area contributed by atoms with Crippen molar-refractivity contribution in [2.75, 3.05) is 13.1 Å². The van der Waals surface area contributed by atoms with Gasteiger partial charge in [-0.3, -0.25) is 4.79 Å². The molecule has 0 aromatic heterocycles. The molecular formula is C17H27ClN2O. The van der Waals surface area contributed by atoms with Gasteiger partial charge in [-0.2, -0.15) is 0 Å². The quantitative estimate of drug-likeness (QED) is 0.899. The summed E-state index contributed by atoms with van der Waals surface area (Å²) in [5.74, 6) is 0.290. The number of rotatable bonds is 3. The highest BCUT2D eigenvalue weighted by Crippen LogP contribution is 2.33. The molecule has 2 N–H and O–H groups in total. The lowest BCUT2D eigenvalue weighted by Gasteiger charge is -2.34. The smallest absolute Gasteiger partial charge is 0.224 e. The van der Waals surface area contributed by atoms with Crippen LogP contribution in [0.15, 0.2) is 30.3 Å². The monoisotopic (exact) mass is 310 g/mol. The molecule has 2 atom stereocenters. The molecule has 0 spiro atoms. The van der Waals surface area contributed by atoms with Gasteiger partial charge in [0.1, 0.15) is 0 Å². The minimum Gasteiger partial charge on any atom is -0.348 e. The van der Waals surface area contributed by atoms with Crippen molar-refractivity contribution in [2.45, 2.75) is 39.7 Å². The first-order chi connectivity index (χ1) is 9.48. The van der Waals surface area contributed by atoms with Gasteiger partial charge >= 0.3 is 0 Å². The van der Waals surface area contributed by atoms with Gasteiger partial charge in [0, 0.05) is 6.54 Å². The van der Waals surface area contributed by atoms with Gasteiger partial charge in [0.15, 0.2) is 0 Å². The van der Waals surface area contributed by atoms with E-state index in [4.69, 9.17) is 0 Å². The van der Waals surface area contributed by atoms with E-state index in [1.165, 1.54) is 5.56 Å². The normalized spacial score (nSPS) is 20.2.